The van der Waals surface area contributed by atoms with Crippen molar-refractivity contribution in [3.8, 4) is 22.4 Å². The minimum atomic E-state index is -1.97. The molecule has 0 fully saturated rings. The van der Waals surface area contributed by atoms with Gasteiger partial charge in [-0.05, 0) is 85.6 Å². The Bertz CT molecular complexity index is 2070. The predicted molar refractivity (Wildman–Crippen MR) is 166 cm³/mol. The van der Waals surface area contributed by atoms with E-state index in [0.29, 0.717) is 28.3 Å². The third-order valence-corrected chi connectivity index (χ3v) is 7.19. The summed E-state index contributed by atoms with van der Waals surface area (Å²) in [5, 5.41) is 19.7. The van der Waals surface area contributed by atoms with Crippen molar-refractivity contribution in [3.63, 3.8) is 0 Å². The van der Waals surface area contributed by atoms with Crippen molar-refractivity contribution < 1.29 is 36.8 Å². The molecule has 6 rings (SSSR count). The van der Waals surface area contributed by atoms with Gasteiger partial charge in [0.15, 0.2) is 23.3 Å². The molecule has 12 heteroatoms. The maximum Gasteiger partial charge on any atom is 0.491 e. The molecule has 0 aliphatic carbocycles. The zero-order valence-electron chi connectivity index (χ0n) is 24.4. The van der Waals surface area contributed by atoms with Crippen LogP contribution in [0.3, 0.4) is 0 Å². The van der Waals surface area contributed by atoms with Gasteiger partial charge < -0.3 is 15.4 Å². The Labute approximate surface area is 260 Å². The van der Waals surface area contributed by atoms with E-state index in [1.165, 1.54) is 42.5 Å². The topological polar surface area (TPSA) is 86.9 Å². The van der Waals surface area contributed by atoms with Crippen LogP contribution in [0.2, 0.25) is 0 Å². The van der Waals surface area contributed by atoms with E-state index in [1.54, 1.807) is 29.7 Å². The molecule has 2 aromatic heterocycles. The molecule has 0 spiro atoms. The molecule has 46 heavy (non-hydrogen) atoms. The summed E-state index contributed by atoms with van der Waals surface area (Å²) in [6.07, 6.45) is 1.74. The molecule has 0 aliphatic heterocycles. The van der Waals surface area contributed by atoms with Crippen molar-refractivity contribution in [2.75, 3.05) is 5.32 Å². The van der Waals surface area contributed by atoms with Crippen LogP contribution in [0.15, 0.2) is 97.2 Å². The second-order valence-electron chi connectivity index (χ2n) is 10.3. The highest BCUT2D eigenvalue weighted by molar-refractivity contribution is 6.58. The number of imidazole rings is 1. The molecule has 0 atom stereocenters. The number of fused-ring (bicyclic) bond motifs is 1. The summed E-state index contributed by atoms with van der Waals surface area (Å²) in [6.45, 7) is 3.57. The number of benzene rings is 4. The van der Waals surface area contributed by atoms with Gasteiger partial charge in [-0.1, -0.05) is 30.3 Å². The first-order chi connectivity index (χ1) is 22.0. The van der Waals surface area contributed by atoms with Gasteiger partial charge in [-0.15, -0.1) is 0 Å². The van der Waals surface area contributed by atoms with Gasteiger partial charge in [0.25, 0.3) is 5.91 Å². The van der Waals surface area contributed by atoms with Crippen LogP contribution >= 0.6 is 0 Å². The number of anilines is 1. The number of pyridine rings is 1. The summed E-state index contributed by atoms with van der Waals surface area (Å²) >= 11 is 0. The molecule has 0 radical (unpaired) electrons. The highest BCUT2D eigenvalue weighted by Crippen LogP contribution is 2.33. The lowest BCUT2D eigenvalue weighted by Gasteiger charge is -2.11. The van der Waals surface area contributed by atoms with Crippen molar-refractivity contribution in [1.82, 2.24) is 9.38 Å². The molecular formula is C34H25BF5N3O3. The molecule has 0 saturated heterocycles. The van der Waals surface area contributed by atoms with Gasteiger partial charge in [0.1, 0.15) is 11.5 Å². The minimum absolute atomic E-state index is 0.121. The Morgan fingerprint density at radius 3 is 2.11 bits per heavy atom. The van der Waals surface area contributed by atoms with E-state index in [4.69, 9.17) is 10.0 Å². The van der Waals surface area contributed by atoms with Gasteiger partial charge in [-0.3, -0.25) is 9.20 Å². The number of carbonyl (C=O) groups excluding carboxylic acids is 1. The van der Waals surface area contributed by atoms with Crippen LogP contribution in [0.1, 0.15) is 21.6 Å². The molecule has 6 nitrogen and oxygen atoms in total. The molecule has 6 aromatic rings. The molecule has 0 saturated carbocycles. The number of nitrogens with one attached hydrogen (secondary N) is 1. The average Bonchev–Trinajstić information content (AvgIpc) is 3.37. The standard InChI is InChI=1S/C28H20F3N3O.C6H5BF2O2/c1-16-8-9-18(15-23(16)28(35)33-20-12-10-19(29)11-13-20)21-6-4-14-34-26(17(2)32-27(21)34)22-5-3-7-24(30)25(22)31;8-5-3-1-2-4(6(5)9)7(10)11/h3-15H,1-2H3,(H,33,35);1-3,10-11H. The Kier molecular flexibility index (Phi) is 9.31. The van der Waals surface area contributed by atoms with Crippen molar-refractivity contribution in [2.45, 2.75) is 13.8 Å². The Balaban J connectivity index is 0.000000322. The summed E-state index contributed by atoms with van der Waals surface area (Å²) in [7, 11) is -1.97. The monoisotopic (exact) mass is 629 g/mol. The number of rotatable bonds is 5. The summed E-state index contributed by atoms with van der Waals surface area (Å²) < 4.78 is 68.3. The lowest BCUT2D eigenvalue weighted by atomic mass is 9.80. The average molecular weight is 629 g/mol. The maximum absolute atomic E-state index is 14.6. The SMILES string of the molecule is Cc1ccc(-c2cccn3c(-c4cccc(F)c4F)c(C)nc23)cc1C(=O)Nc1ccc(F)cc1.OB(O)c1cccc(F)c1F. The smallest absolute Gasteiger partial charge is 0.423 e. The van der Waals surface area contributed by atoms with Crippen LogP contribution in [0.25, 0.3) is 28.0 Å². The third kappa shape index (κ3) is 6.53. The lowest BCUT2D eigenvalue weighted by Crippen LogP contribution is -2.33. The van der Waals surface area contributed by atoms with Crippen LogP contribution in [0, 0.1) is 42.9 Å². The minimum Gasteiger partial charge on any atom is -0.423 e. The second kappa shape index (κ2) is 13.3. The van der Waals surface area contributed by atoms with Crippen LogP contribution in [0.5, 0.6) is 0 Å². The first-order valence-electron chi connectivity index (χ1n) is 13.9. The predicted octanol–water partition coefficient (Wildman–Crippen LogP) is 6.60. The van der Waals surface area contributed by atoms with Crippen molar-refractivity contribution in [3.05, 3.63) is 143 Å². The number of halogens is 5. The van der Waals surface area contributed by atoms with E-state index in [-0.39, 0.29) is 17.3 Å². The second-order valence-corrected chi connectivity index (χ2v) is 10.3. The van der Waals surface area contributed by atoms with Gasteiger partial charge in [-0.25, -0.2) is 26.9 Å². The summed E-state index contributed by atoms with van der Waals surface area (Å²) in [5.74, 6) is -4.88. The normalized spacial score (nSPS) is 10.8. The third-order valence-electron chi connectivity index (χ3n) is 7.19. The molecule has 0 aliphatic rings. The van der Waals surface area contributed by atoms with E-state index in [0.717, 1.165) is 34.9 Å². The highest BCUT2D eigenvalue weighted by Gasteiger charge is 2.20. The number of carbonyl (C=O) groups is 1. The van der Waals surface area contributed by atoms with E-state index in [2.05, 4.69) is 10.3 Å². The van der Waals surface area contributed by atoms with Crippen molar-refractivity contribution in [1.29, 1.82) is 0 Å². The zero-order valence-corrected chi connectivity index (χ0v) is 24.4. The summed E-state index contributed by atoms with van der Waals surface area (Å²) in [6, 6.07) is 21.9. The van der Waals surface area contributed by atoms with Crippen LogP contribution in [-0.4, -0.2) is 32.5 Å². The summed E-state index contributed by atoms with van der Waals surface area (Å²) in [5.41, 5.74) is 4.39. The molecule has 0 unspecified atom stereocenters. The van der Waals surface area contributed by atoms with Crippen LogP contribution in [-0.2, 0) is 0 Å². The number of nitrogens with zero attached hydrogens (tertiary/aromatic N) is 2. The van der Waals surface area contributed by atoms with Gasteiger partial charge in [0.05, 0.1) is 11.4 Å². The molecule has 0 bridgehead atoms. The maximum atomic E-state index is 14.6. The highest BCUT2D eigenvalue weighted by atomic mass is 19.2. The molecule has 2 heterocycles. The van der Waals surface area contributed by atoms with Gasteiger partial charge in [0, 0.05) is 34.0 Å². The van der Waals surface area contributed by atoms with E-state index in [9.17, 15) is 26.7 Å². The fourth-order valence-electron chi connectivity index (χ4n) is 4.90. The van der Waals surface area contributed by atoms with Crippen LogP contribution in [0.4, 0.5) is 27.6 Å². The molecule has 3 N–H and O–H groups in total. The number of hydrogen-bond donors (Lipinski definition) is 3. The summed E-state index contributed by atoms with van der Waals surface area (Å²) in [4.78, 5) is 17.6. The Morgan fingerprint density at radius 1 is 0.783 bits per heavy atom. The molecule has 4 aromatic carbocycles. The molecule has 1 amide bonds. The number of aromatic nitrogens is 2. The van der Waals surface area contributed by atoms with Crippen LogP contribution < -0.4 is 10.8 Å². The lowest BCUT2D eigenvalue weighted by molar-refractivity contribution is 0.102. The number of amides is 1. The first-order valence-corrected chi connectivity index (χ1v) is 13.9. The van der Waals surface area contributed by atoms with Gasteiger partial charge in [-0.2, -0.15) is 0 Å². The fraction of sp³-hybridized carbons (Fsp3) is 0.0588. The first kappa shape index (κ1) is 32.1. The van der Waals surface area contributed by atoms with E-state index >= 15 is 0 Å². The number of aryl methyl sites for hydroxylation is 2. The largest absolute Gasteiger partial charge is 0.491 e. The van der Waals surface area contributed by atoms with Gasteiger partial charge >= 0.3 is 7.12 Å². The number of hydrogen-bond acceptors (Lipinski definition) is 4. The van der Waals surface area contributed by atoms with Gasteiger partial charge in [0.2, 0.25) is 0 Å². The Morgan fingerprint density at radius 2 is 1.43 bits per heavy atom. The van der Waals surface area contributed by atoms with E-state index in [1.807, 2.05) is 25.1 Å². The quantitative estimate of drug-likeness (QED) is 0.148. The van der Waals surface area contributed by atoms with E-state index < -0.39 is 35.9 Å². The molecule has 232 valence electrons. The van der Waals surface area contributed by atoms with Crippen molar-refractivity contribution in [2.24, 2.45) is 0 Å². The fourth-order valence-corrected chi connectivity index (χ4v) is 4.90. The zero-order chi connectivity index (χ0) is 33.1. The molecular weight excluding hydrogens is 604 g/mol. The van der Waals surface area contributed by atoms with Crippen molar-refractivity contribution >= 4 is 29.8 Å². The Hall–Kier alpha value is -5.33.